The number of ether oxygens (including phenoxy) is 1. The van der Waals surface area contributed by atoms with Gasteiger partial charge in [-0.2, -0.15) is 0 Å². The third kappa shape index (κ3) is 14.0. The Balaban J connectivity index is 1.05. The average Bonchev–Trinajstić information content (AvgIpc) is 3.98. The third-order valence-electron chi connectivity index (χ3n) is 11.1. The molecule has 18 heteroatoms. The molecule has 7 aromatic rings. The number of hydrogen-bond acceptors (Lipinski definition) is 12. The Labute approximate surface area is 412 Å². The second kappa shape index (κ2) is 25.2. The Hall–Kier alpha value is -8.51. The lowest BCUT2D eigenvalue weighted by Gasteiger charge is -2.15. The van der Waals surface area contributed by atoms with Crippen LogP contribution in [0.5, 0.6) is 5.75 Å². The van der Waals surface area contributed by atoms with Crippen molar-refractivity contribution in [2.24, 2.45) is 0 Å². The Morgan fingerprint density at radius 3 is 1.77 bits per heavy atom. The fourth-order valence-electron chi connectivity index (χ4n) is 7.41. The summed E-state index contributed by atoms with van der Waals surface area (Å²) in [6.07, 6.45) is 13.8. The molecule has 364 valence electrons. The maximum Gasteiger partial charge on any atom is 0.275 e. The van der Waals surface area contributed by atoms with Crippen LogP contribution < -0.4 is 26.0 Å². The number of unbranched alkanes of at least 4 members (excludes halogenated alkanes) is 5. The van der Waals surface area contributed by atoms with Crippen molar-refractivity contribution in [3.05, 3.63) is 120 Å². The second-order valence-electron chi connectivity index (χ2n) is 16.8. The van der Waals surface area contributed by atoms with Gasteiger partial charge in [-0.05, 0) is 54.7 Å². The number of nitrogens with one attached hydrogen (secondary N) is 4. The highest BCUT2D eigenvalue weighted by Crippen LogP contribution is 2.24. The van der Waals surface area contributed by atoms with Crippen molar-refractivity contribution in [2.75, 3.05) is 23.8 Å². The summed E-state index contributed by atoms with van der Waals surface area (Å²) in [7, 11) is 0. The fraction of sp³-hybridized carbons (Fsp3) is 0.340. The molecule has 1 atom stereocenters. The van der Waals surface area contributed by atoms with Gasteiger partial charge in [-0.3, -0.25) is 19.2 Å². The molecule has 0 aliphatic rings. The first-order valence-electron chi connectivity index (χ1n) is 23.9. The van der Waals surface area contributed by atoms with Gasteiger partial charge in [-0.25, -0.2) is 34.9 Å². The molecule has 0 aliphatic carbocycles. The number of fused-ring (bicyclic) bond motifs is 2. The highest BCUT2D eigenvalue weighted by molar-refractivity contribution is 6.09. The van der Waals surface area contributed by atoms with E-state index in [0.29, 0.717) is 48.6 Å². The van der Waals surface area contributed by atoms with E-state index in [2.05, 4.69) is 86.8 Å². The van der Waals surface area contributed by atoms with Gasteiger partial charge in [0.25, 0.3) is 11.8 Å². The molecule has 18 nitrogen and oxygen atoms in total. The number of nitrogens with zero attached hydrogens (tertiary/aromatic N) is 9. The number of rotatable bonds is 21. The molecule has 0 saturated carbocycles. The van der Waals surface area contributed by atoms with E-state index in [1.807, 2.05) is 71.5 Å². The minimum absolute atomic E-state index is 0.0903. The highest BCUT2D eigenvalue weighted by atomic mass is 16.5. The Kier molecular flexibility index (Phi) is 17.9. The summed E-state index contributed by atoms with van der Waals surface area (Å²) >= 11 is 0. The molecule has 0 fully saturated rings. The van der Waals surface area contributed by atoms with Crippen LogP contribution in [0, 0.1) is 23.7 Å². The lowest BCUT2D eigenvalue weighted by atomic mass is 10.1. The molecule has 2 aromatic carbocycles. The van der Waals surface area contributed by atoms with Crippen molar-refractivity contribution in [3.63, 3.8) is 0 Å². The first kappa shape index (κ1) is 50.4. The van der Waals surface area contributed by atoms with Gasteiger partial charge in [0.1, 0.15) is 35.8 Å². The van der Waals surface area contributed by atoms with Crippen LogP contribution in [-0.2, 0) is 22.7 Å². The average molecular weight is 956 g/mol. The number of hydrogen-bond donors (Lipinski definition) is 4. The van der Waals surface area contributed by atoms with Crippen molar-refractivity contribution in [2.45, 2.75) is 105 Å². The number of pyridine rings is 1. The van der Waals surface area contributed by atoms with Crippen molar-refractivity contribution in [3.8, 4) is 29.4 Å². The molecule has 1 unspecified atom stereocenters. The molecular weight excluding hydrogens is 899 g/mol. The fourth-order valence-corrected chi connectivity index (χ4v) is 7.41. The zero-order chi connectivity index (χ0) is 50.0. The van der Waals surface area contributed by atoms with Crippen LogP contribution in [0.4, 0.5) is 11.6 Å². The third-order valence-corrected chi connectivity index (χ3v) is 11.1. The van der Waals surface area contributed by atoms with Gasteiger partial charge >= 0.3 is 0 Å². The van der Waals surface area contributed by atoms with Crippen molar-refractivity contribution in [1.29, 1.82) is 0 Å². The topological polar surface area (TPSA) is 226 Å². The van der Waals surface area contributed by atoms with Gasteiger partial charge in [0.05, 0.1) is 32.4 Å². The monoisotopic (exact) mass is 955 g/mol. The zero-order valence-electron chi connectivity index (χ0n) is 40.4. The predicted octanol–water partition coefficient (Wildman–Crippen LogP) is 7.24. The van der Waals surface area contributed by atoms with Crippen LogP contribution in [-0.4, -0.2) is 86.8 Å². The molecule has 4 amide bonds. The molecule has 0 bridgehead atoms. The maximum atomic E-state index is 14.0. The van der Waals surface area contributed by atoms with E-state index in [1.54, 1.807) is 12.7 Å². The van der Waals surface area contributed by atoms with Crippen LogP contribution in [0.2, 0.25) is 0 Å². The highest BCUT2D eigenvalue weighted by Gasteiger charge is 2.22. The lowest BCUT2D eigenvalue weighted by Crippen LogP contribution is -2.46. The van der Waals surface area contributed by atoms with E-state index in [-0.39, 0.29) is 47.0 Å². The van der Waals surface area contributed by atoms with Crippen molar-refractivity contribution >= 4 is 57.6 Å². The first-order chi connectivity index (χ1) is 34.6. The summed E-state index contributed by atoms with van der Waals surface area (Å²) in [5.74, 6) is 11.4. The molecule has 71 heavy (non-hydrogen) atoms. The molecule has 5 heterocycles. The summed E-state index contributed by atoms with van der Waals surface area (Å²) in [6, 6.07) is 17.8. The van der Waals surface area contributed by atoms with Gasteiger partial charge < -0.3 is 35.1 Å². The quantitative estimate of drug-likeness (QED) is 0.0413. The molecule has 5 aromatic heterocycles. The van der Waals surface area contributed by atoms with Gasteiger partial charge in [0.15, 0.2) is 34.0 Å². The Morgan fingerprint density at radius 1 is 0.662 bits per heavy atom. The summed E-state index contributed by atoms with van der Waals surface area (Å²) in [4.78, 5) is 83.5. The molecule has 0 radical (unpaired) electrons. The smallest absolute Gasteiger partial charge is 0.275 e. The van der Waals surface area contributed by atoms with E-state index >= 15 is 0 Å². The summed E-state index contributed by atoms with van der Waals surface area (Å²) in [5, 5.41) is 11.2. The standard InChI is InChI=1S/C53H57N13O5/c1-5-8-11-12-13-17-37-18-14-21-39(26-37)30-65-34-59-45-47(55-32-57-49(45)65)63-52(69)43-28-41(71-25-10-7-3)29-44(62-43)53(70)64-48-46-50(58-33-56-48)66(35-60-46)31-40-22-15-19-38(27-40)20-16-23-42(61-36(4)67)51(68)54-24-9-6-2/h14-15,18-19,21-22,26-29,32-35,42H,5-12,23-25,30-31H2,1-4H3,(H,54,68)(H,61,67)(H,55,57,63,69)(H,56,58,64,70). The van der Waals surface area contributed by atoms with Gasteiger partial charge in [0, 0.05) is 49.6 Å². The van der Waals surface area contributed by atoms with Gasteiger partial charge in [0.2, 0.25) is 11.8 Å². The van der Waals surface area contributed by atoms with Crippen LogP contribution in [0.15, 0.2) is 86.0 Å². The van der Waals surface area contributed by atoms with Gasteiger partial charge in [-0.1, -0.05) is 94.4 Å². The Morgan fingerprint density at radius 2 is 1.23 bits per heavy atom. The number of amides is 4. The van der Waals surface area contributed by atoms with Crippen molar-refractivity contribution in [1.82, 2.24) is 54.7 Å². The lowest BCUT2D eigenvalue weighted by molar-refractivity contribution is -0.127. The molecule has 7 rings (SSSR count). The Bertz CT molecular complexity index is 3140. The normalized spacial score (nSPS) is 11.2. The number of anilines is 2. The predicted molar refractivity (Wildman–Crippen MR) is 270 cm³/mol. The minimum atomic E-state index is -0.766. The van der Waals surface area contributed by atoms with E-state index in [0.717, 1.165) is 67.2 Å². The van der Waals surface area contributed by atoms with Crippen molar-refractivity contribution < 1.29 is 23.9 Å². The number of benzene rings is 2. The number of carbonyl (C=O) groups is 4. The number of aromatic nitrogens is 9. The van der Waals surface area contributed by atoms with E-state index < -0.39 is 17.9 Å². The molecular formula is C53H57N13O5. The number of carbonyl (C=O) groups excluding carboxylic acids is 4. The van der Waals surface area contributed by atoms with E-state index in [1.165, 1.54) is 38.1 Å². The maximum absolute atomic E-state index is 14.0. The van der Waals surface area contributed by atoms with Gasteiger partial charge in [-0.15, -0.1) is 0 Å². The molecule has 0 aliphatic heterocycles. The van der Waals surface area contributed by atoms with Crippen LogP contribution in [0.25, 0.3) is 22.3 Å². The van der Waals surface area contributed by atoms with Crippen LogP contribution in [0.1, 0.15) is 129 Å². The largest absolute Gasteiger partial charge is 0.493 e. The summed E-state index contributed by atoms with van der Waals surface area (Å²) < 4.78 is 9.67. The second-order valence-corrected chi connectivity index (χ2v) is 16.8. The molecule has 0 spiro atoms. The summed E-state index contributed by atoms with van der Waals surface area (Å²) in [5.41, 5.74) is 5.06. The SMILES string of the molecule is CCCCCC#Cc1cccc(Cn2cnc3c(NC(=O)c4cc(OCCCC)cc(C(=O)Nc5ncnc6c5ncn6Cc5cccc(C#CCC(NC(C)=O)C(=O)NCCCC)c5)n4)ncnc32)c1. The van der Waals surface area contributed by atoms with E-state index in [4.69, 9.17) is 4.74 Å². The zero-order valence-corrected chi connectivity index (χ0v) is 40.4. The van der Waals surface area contributed by atoms with E-state index in [9.17, 15) is 19.2 Å². The molecule has 0 saturated heterocycles. The minimum Gasteiger partial charge on any atom is -0.493 e. The summed E-state index contributed by atoms with van der Waals surface area (Å²) in [6.45, 7) is 9.34. The molecule has 4 N–H and O–H groups in total. The number of imidazole rings is 2. The van der Waals surface area contributed by atoms with Crippen LogP contribution in [0.3, 0.4) is 0 Å². The first-order valence-corrected chi connectivity index (χ1v) is 23.9. The van der Waals surface area contributed by atoms with Crippen LogP contribution >= 0.6 is 0 Å².